The average Bonchev–Trinajstić information content (AvgIpc) is 2.16. The van der Waals surface area contributed by atoms with Gasteiger partial charge in [0.2, 0.25) is 0 Å². The molecular weight excluding hydrogens is 154 g/mol. The van der Waals surface area contributed by atoms with Gasteiger partial charge in [-0.25, -0.2) is 0 Å². The molecule has 1 aliphatic rings. The Labute approximate surface area is 70.8 Å². The van der Waals surface area contributed by atoms with Crippen molar-refractivity contribution in [2.75, 3.05) is 0 Å². The van der Waals surface area contributed by atoms with Crippen LogP contribution in [-0.2, 0) is 0 Å². The lowest BCUT2D eigenvalue weighted by Gasteiger charge is -2.10. The first-order valence-corrected chi connectivity index (χ1v) is 3.83. The Bertz CT molecular complexity index is 285. The van der Waals surface area contributed by atoms with Crippen molar-refractivity contribution in [3.8, 4) is 0 Å². The molecule has 4 nitrogen and oxygen atoms in total. The first-order chi connectivity index (χ1) is 5.81. The summed E-state index contributed by atoms with van der Waals surface area (Å²) in [6.45, 7) is 2.00. The molecular formula is C8H11N3O. The van der Waals surface area contributed by atoms with E-state index in [1.807, 2.05) is 13.0 Å². The van der Waals surface area contributed by atoms with E-state index in [4.69, 9.17) is 10.7 Å². The van der Waals surface area contributed by atoms with Gasteiger partial charge < -0.3 is 5.53 Å². The molecule has 0 aromatic carbocycles. The van der Waals surface area contributed by atoms with E-state index in [2.05, 4.69) is 10.3 Å². The zero-order valence-electron chi connectivity index (χ0n) is 6.91. The highest BCUT2D eigenvalue weighted by molar-refractivity contribution is 5.93. The van der Waals surface area contributed by atoms with Crippen molar-refractivity contribution in [3.63, 3.8) is 0 Å². The number of nitrogens with zero attached hydrogens (tertiary/aromatic N) is 2. The van der Waals surface area contributed by atoms with Gasteiger partial charge in [0.15, 0.2) is 0 Å². The van der Waals surface area contributed by atoms with Crippen LogP contribution in [-0.4, -0.2) is 15.7 Å². The Kier molecular flexibility index (Phi) is 2.80. The maximum atomic E-state index is 8.73. The molecule has 0 saturated carbocycles. The van der Waals surface area contributed by atoms with Gasteiger partial charge >= 0.3 is 0 Å². The molecule has 0 fully saturated rings. The second-order valence-corrected chi connectivity index (χ2v) is 2.57. The molecule has 0 unspecified atom stereocenters. The molecule has 0 aromatic heterocycles. The lowest BCUT2D eigenvalue weighted by atomic mass is 10.0. The summed E-state index contributed by atoms with van der Waals surface area (Å²) >= 11 is 0. The molecule has 64 valence electrons. The molecule has 0 saturated heterocycles. The van der Waals surface area contributed by atoms with Gasteiger partial charge in [-0.15, -0.1) is 0 Å². The van der Waals surface area contributed by atoms with E-state index in [9.17, 15) is 0 Å². The Balaban J connectivity index is 2.93. The maximum Gasteiger partial charge on any atom is 0.297 e. The zero-order chi connectivity index (χ0) is 8.97. The van der Waals surface area contributed by atoms with Crippen LogP contribution >= 0.6 is 0 Å². The summed E-state index contributed by atoms with van der Waals surface area (Å²) in [6.07, 6.45) is 4.86. The minimum atomic E-state index is 0.451. The predicted octanol–water partition coefficient (Wildman–Crippen LogP) is 1.26. The molecule has 1 aliphatic carbocycles. The van der Waals surface area contributed by atoms with E-state index in [0.717, 1.165) is 12.0 Å². The van der Waals surface area contributed by atoms with Crippen LogP contribution in [0, 0.1) is 0 Å². The SMILES string of the molecule is CCC1=C(NO)CC(=[N+]=[N-])C=C1. The molecule has 0 atom stereocenters. The van der Waals surface area contributed by atoms with Gasteiger partial charge in [0, 0.05) is 6.08 Å². The number of hydroxylamine groups is 1. The van der Waals surface area contributed by atoms with Gasteiger partial charge in [-0.3, -0.25) is 10.7 Å². The van der Waals surface area contributed by atoms with Crippen LogP contribution in [0.1, 0.15) is 19.8 Å². The molecule has 4 heteroatoms. The van der Waals surface area contributed by atoms with Crippen molar-refractivity contribution in [2.45, 2.75) is 19.8 Å². The largest absolute Gasteiger partial charge is 0.361 e. The summed E-state index contributed by atoms with van der Waals surface area (Å²) in [4.78, 5) is 3.06. The topological polar surface area (TPSA) is 68.7 Å². The third-order valence-corrected chi connectivity index (χ3v) is 1.87. The quantitative estimate of drug-likeness (QED) is 0.367. The van der Waals surface area contributed by atoms with Crippen LogP contribution in [0.4, 0.5) is 0 Å². The fraction of sp³-hybridized carbons (Fsp3) is 0.375. The molecule has 0 radical (unpaired) electrons. The van der Waals surface area contributed by atoms with Crippen LogP contribution in [0.25, 0.3) is 5.53 Å². The minimum Gasteiger partial charge on any atom is -0.361 e. The highest BCUT2D eigenvalue weighted by Gasteiger charge is 2.15. The maximum absolute atomic E-state index is 8.73. The summed E-state index contributed by atoms with van der Waals surface area (Å²) in [6, 6.07) is 0. The molecule has 1 rings (SSSR count). The van der Waals surface area contributed by atoms with E-state index in [0.29, 0.717) is 17.8 Å². The van der Waals surface area contributed by atoms with Crippen LogP contribution in [0.15, 0.2) is 23.4 Å². The van der Waals surface area contributed by atoms with Gasteiger partial charge in [0.05, 0.1) is 12.1 Å². The Morgan fingerprint density at radius 2 is 2.42 bits per heavy atom. The third-order valence-electron chi connectivity index (χ3n) is 1.87. The normalized spacial score (nSPS) is 16.3. The van der Waals surface area contributed by atoms with Crippen LogP contribution < -0.4 is 5.48 Å². The lowest BCUT2D eigenvalue weighted by Crippen LogP contribution is -2.16. The van der Waals surface area contributed by atoms with Crippen molar-refractivity contribution < 1.29 is 10.00 Å². The van der Waals surface area contributed by atoms with Gasteiger partial charge in [-0.2, -0.15) is 4.79 Å². The van der Waals surface area contributed by atoms with E-state index in [1.54, 1.807) is 6.08 Å². The van der Waals surface area contributed by atoms with Crippen molar-refractivity contribution in [1.29, 1.82) is 0 Å². The molecule has 12 heavy (non-hydrogen) atoms. The Hall–Kier alpha value is -1.38. The highest BCUT2D eigenvalue weighted by Crippen LogP contribution is 2.16. The fourth-order valence-corrected chi connectivity index (χ4v) is 1.16. The summed E-state index contributed by atoms with van der Waals surface area (Å²) < 4.78 is 0. The van der Waals surface area contributed by atoms with Crippen molar-refractivity contribution in [2.24, 2.45) is 0 Å². The first kappa shape index (κ1) is 8.71. The Morgan fingerprint density at radius 3 is 2.92 bits per heavy atom. The summed E-state index contributed by atoms with van der Waals surface area (Å²) in [5.41, 5.74) is 12.9. The highest BCUT2D eigenvalue weighted by atomic mass is 16.5. The van der Waals surface area contributed by atoms with E-state index >= 15 is 0 Å². The van der Waals surface area contributed by atoms with Crippen molar-refractivity contribution in [1.82, 2.24) is 5.48 Å². The molecule has 0 aromatic rings. The van der Waals surface area contributed by atoms with E-state index in [-0.39, 0.29) is 0 Å². The number of hydrogen-bond donors (Lipinski definition) is 2. The molecule has 0 heterocycles. The monoisotopic (exact) mass is 165 g/mol. The molecule has 0 aliphatic heterocycles. The lowest BCUT2D eigenvalue weighted by molar-refractivity contribution is -0.00622. The summed E-state index contributed by atoms with van der Waals surface area (Å²) in [7, 11) is 0. The molecule has 0 amide bonds. The van der Waals surface area contributed by atoms with Crippen LogP contribution in [0.2, 0.25) is 0 Å². The smallest absolute Gasteiger partial charge is 0.297 e. The number of nitrogens with one attached hydrogen (secondary N) is 1. The third kappa shape index (κ3) is 1.61. The molecule has 0 spiro atoms. The average molecular weight is 165 g/mol. The van der Waals surface area contributed by atoms with E-state index in [1.165, 1.54) is 0 Å². The van der Waals surface area contributed by atoms with Gasteiger partial charge in [0.25, 0.3) is 5.71 Å². The second kappa shape index (κ2) is 3.85. The van der Waals surface area contributed by atoms with Crippen molar-refractivity contribution >= 4 is 5.71 Å². The molecule has 2 N–H and O–H groups in total. The minimum absolute atomic E-state index is 0.451. The number of allylic oxidation sites excluding steroid dienone is 4. The predicted molar refractivity (Wildman–Crippen MR) is 44.6 cm³/mol. The first-order valence-electron chi connectivity index (χ1n) is 3.83. The number of hydrogen-bond acceptors (Lipinski definition) is 2. The zero-order valence-corrected chi connectivity index (χ0v) is 6.91. The van der Waals surface area contributed by atoms with Crippen LogP contribution in [0.3, 0.4) is 0 Å². The van der Waals surface area contributed by atoms with Gasteiger partial charge in [0.1, 0.15) is 0 Å². The summed E-state index contributed by atoms with van der Waals surface area (Å²) in [5.74, 6) is 0. The van der Waals surface area contributed by atoms with Gasteiger partial charge in [-0.1, -0.05) is 6.92 Å². The van der Waals surface area contributed by atoms with Gasteiger partial charge in [-0.05, 0) is 18.1 Å². The fourth-order valence-electron chi connectivity index (χ4n) is 1.16. The number of rotatable bonds is 2. The van der Waals surface area contributed by atoms with Crippen molar-refractivity contribution in [3.05, 3.63) is 29.0 Å². The van der Waals surface area contributed by atoms with E-state index < -0.39 is 0 Å². The molecule has 0 bridgehead atoms. The second-order valence-electron chi connectivity index (χ2n) is 2.57. The summed E-state index contributed by atoms with van der Waals surface area (Å²) in [5, 5.41) is 8.73. The standard InChI is InChI=1S/C8H11N3O/c1-2-6-3-4-7(10-9)5-8(6)11-12/h3-4,11-12H,2,5H2,1H3. The van der Waals surface area contributed by atoms with Crippen LogP contribution in [0.5, 0.6) is 0 Å². The Morgan fingerprint density at radius 1 is 1.67 bits per heavy atom.